The number of rotatable bonds is 1. The fourth-order valence-corrected chi connectivity index (χ4v) is 1.55. The summed E-state index contributed by atoms with van der Waals surface area (Å²) in [4.78, 5) is 0. The van der Waals surface area contributed by atoms with Crippen molar-refractivity contribution in [2.75, 3.05) is 5.88 Å². The lowest BCUT2D eigenvalue weighted by molar-refractivity contribution is -0.138. The quantitative estimate of drug-likeness (QED) is 0.715. The predicted molar refractivity (Wildman–Crippen MR) is 51.4 cm³/mol. The van der Waals surface area contributed by atoms with Crippen molar-refractivity contribution in [1.82, 2.24) is 0 Å². The highest BCUT2D eigenvalue weighted by Gasteiger charge is 2.32. The highest BCUT2D eigenvalue weighted by Crippen LogP contribution is 2.35. The van der Waals surface area contributed by atoms with E-state index in [0.717, 1.165) is 12.1 Å². The molecule has 1 aliphatic heterocycles. The Morgan fingerprint density at radius 3 is 2.75 bits per heavy atom. The van der Waals surface area contributed by atoms with Crippen molar-refractivity contribution in [2.45, 2.75) is 19.1 Å². The van der Waals surface area contributed by atoms with Crippen LogP contribution in [0.15, 0.2) is 18.2 Å². The van der Waals surface area contributed by atoms with E-state index in [2.05, 4.69) is 0 Å². The minimum Gasteiger partial charge on any atom is -0.463 e. The maximum absolute atomic E-state index is 12.4. The topological polar surface area (TPSA) is 18.5 Å². The monoisotopic (exact) mass is 252 g/mol. The van der Waals surface area contributed by atoms with Gasteiger partial charge in [-0.25, -0.2) is 0 Å². The largest absolute Gasteiger partial charge is 0.463 e. The molecule has 0 saturated carbocycles. The van der Waals surface area contributed by atoms with E-state index in [1.807, 2.05) is 0 Å². The average Bonchev–Trinajstić information content (AvgIpc) is 2.26. The lowest BCUT2D eigenvalue weighted by Crippen LogP contribution is -2.27. The first kappa shape index (κ1) is 11.5. The number of hydrogen-bond acceptors (Lipinski definition) is 2. The van der Waals surface area contributed by atoms with Gasteiger partial charge >= 0.3 is 6.18 Å². The zero-order valence-electron chi connectivity index (χ0n) is 8.05. The number of benzene rings is 1. The first-order valence-corrected chi connectivity index (χ1v) is 5.08. The van der Waals surface area contributed by atoms with Crippen LogP contribution >= 0.6 is 11.6 Å². The summed E-state index contributed by atoms with van der Waals surface area (Å²) in [6.07, 6.45) is -5.05. The Morgan fingerprint density at radius 2 is 2.12 bits per heavy atom. The molecule has 88 valence electrons. The second-order valence-corrected chi connectivity index (χ2v) is 3.64. The standard InChI is InChI=1S/C10H8ClF3O2/c11-4-9-15-5-6-1-2-7(10(12,13)14)3-8(6)16-9/h1-3,9H,4-5H2. The van der Waals surface area contributed by atoms with Gasteiger partial charge in [0.1, 0.15) is 5.75 Å². The summed E-state index contributed by atoms with van der Waals surface area (Å²) in [6, 6.07) is 3.33. The number of fused-ring (bicyclic) bond motifs is 1. The number of ether oxygens (including phenoxy) is 2. The molecule has 0 fully saturated rings. The lowest BCUT2D eigenvalue weighted by atomic mass is 10.1. The van der Waals surface area contributed by atoms with Crippen molar-refractivity contribution in [3.05, 3.63) is 29.3 Å². The highest BCUT2D eigenvalue weighted by atomic mass is 35.5. The van der Waals surface area contributed by atoms with E-state index < -0.39 is 18.0 Å². The highest BCUT2D eigenvalue weighted by molar-refractivity contribution is 6.18. The summed E-state index contributed by atoms with van der Waals surface area (Å²) in [7, 11) is 0. The average molecular weight is 253 g/mol. The van der Waals surface area contributed by atoms with Crippen LogP contribution in [0.3, 0.4) is 0 Å². The smallest absolute Gasteiger partial charge is 0.416 e. The first-order chi connectivity index (χ1) is 7.50. The minimum atomic E-state index is -4.37. The summed E-state index contributed by atoms with van der Waals surface area (Å²) in [5, 5.41) is 0. The number of halogens is 4. The fourth-order valence-electron chi connectivity index (χ4n) is 1.39. The van der Waals surface area contributed by atoms with Crippen LogP contribution < -0.4 is 4.74 Å². The molecular formula is C10H8ClF3O2. The van der Waals surface area contributed by atoms with E-state index in [1.54, 1.807) is 0 Å². The maximum atomic E-state index is 12.4. The minimum absolute atomic E-state index is 0.0791. The molecule has 1 unspecified atom stereocenters. The Hall–Kier alpha value is -0.940. The molecule has 6 heteroatoms. The van der Waals surface area contributed by atoms with Crippen LogP contribution in [0.5, 0.6) is 5.75 Å². The molecule has 1 atom stereocenters. The van der Waals surface area contributed by atoms with Crippen LogP contribution in [0, 0.1) is 0 Å². The van der Waals surface area contributed by atoms with Gasteiger partial charge in [-0.15, -0.1) is 11.6 Å². The molecule has 2 rings (SSSR count). The Bertz CT molecular complexity index is 392. The van der Waals surface area contributed by atoms with Crippen LogP contribution in [0.25, 0.3) is 0 Å². The van der Waals surface area contributed by atoms with Gasteiger partial charge in [-0.1, -0.05) is 6.07 Å². The molecule has 16 heavy (non-hydrogen) atoms. The van der Waals surface area contributed by atoms with Crippen LogP contribution in [-0.2, 0) is 17.5 Å². The molecule has 0 aliphatic carbocycles. The molecule has 1 aliphatic rings. The summed E-state index contributed by atoms with van der Waals surface area (Å²) < 4.78 is 47.6. The van der Waals surface area contributed by atoms with Crippen molar-refractivity contribution in [3.63, 3.8) is 0 Å². The van der Waals surface area contributed by atoms with Gasteiger partial charge in [0.2, 0.25) is 6.29 Å². The summed E-state index contributed by atoms with van der Waals surface area (Å²) in [5.41, 5.74) is -0.143. The third-order valence-electron chi connectivity index (χ3n) is 2.20. The van der Waals surface area contributed by atoms with Crippen molar-refractivity contribution >= 4 is 11.6 Å². The van der Waals surface area contributed by atoms with E-state index in [1.165, 1.54) is 6.07 Å². The molecule has 0 saturated heterocycles. The van der Waals surface area contributed by atoms with E-state index in [0.29, 0.717) is 5.56 Å². The third kappa shape index (κ3) is 2.25. The lowest BCUT2D eigenvalue weighted by Gasteiger charge is -2.25. The molecule has 0 spiro atoms. The van der Waals surface area contributed by atoms with Crippen LogP contribution in [0.4, 0.5) is 13.2 Å². The summed E-state index contributed by atoms with van der Waals surface area (Å²) in [5.74, 6) is 0.266. The van der Waals surface area contributed by atoms with Gasteiger partial charge in [0.15, 0.2) is 0 Å². The Morgan fingerprint density at radius 1 is 1.38 bits per heavy atom. The Labute approximate surface area is 94.9 Å². The SMILES string of the molecule is FC(F)(F)c1ccc2c(c1)OC(CCl)OC2. The molecule has 1 aromatic carbocycles. The van der Waals surface area contributed by atoms with Crippen molar-refractivity contribution in [1.29, 1.82) is 0 Å². The fraction of sp³-hybridized carbons (Fsp3) is 0.400. The third-order valence-corrected chi connectivity index (χ3v) is 2.46. The molecule has 1 heterocycles. The zero-order valence-corrected chi connectivity index (χ0v) is 8.81. The predicted octanol–water partition coefficient (Wildman–Crippen LogP) is 3.18. The summed E-state index contributed by atoms with van der Waals surface area (Å²) >= 11 is 5.50. The second-order valence-electron chi connectivity index (χ2n) is 3.33. The van der Waals surface area contributed by atoms with Gasteiger partial charge in [-0.3, -0.25) is 0 Å². The van der Waals surface area contributed by atoms with E-state index in [-0.39, 0.29) is 18.2 Å². The van der Waals surface area contributed by atoms with Gasteiger partial charge < -0.3 is 9.47 Å². The molecule has 0 N–H and O–H groups in total. The van der Waals surface area contributed by atoms with E-state index >= 15 is 0 Å². The van der Waals surface area contributed by atoms with E-state index in [4.69, 9.17) is 21.1 Å². The number of hydrogen-bond donors (Lipinski definition) is 0. The summed E-state index contributed by atoms with van der Waals surface area (Å²) in [6.45, 7) is 0.213. The van der Waals surface area contributed by atoms with Crippen molar-refractivity contribution < 1.29 is 22.6 Å². The van der Waals surface area contributed by atoms with Gasteiger partial charge in [0.05, 0.1) is 18.1 Å². The van der Waals surface area contributed by atoms with Gasteiger partial charge in [-0.05, 0) is 12.1 Å². The molecule has 0 aromatic heterocycles. The van der Waals surface area contributed by atoms with Crippen LogP contribution in [0.1, 0.15) is 11.1 Å². The first-order valence-electron chi connectivity index (χ1n) is 4.55. The molecule has 0 radical (unpaired) electrons. The molecular weight excluding hydrogens is 245 g/mol. The number of alkyl halides is 4. The second kappa shape index (κ2) is 4.14. The van der Waals surface area contributed by atoms with Crippen LogP contribution in [0.2, 0.25) is 0 Å². The maximum Gasteiger partial charge on any atom is 0.416 e. The Kier molecular flexibility index (Phi) is 2.99. The van der Waals surface area contributed by atoms with Gasteiger partial charge in [-0.2, -0.15) is 13.2 Å². The van der Waals surface area contributed by atoms with Gasteiger partial charge in [0, 0.05) is 5.56 Å². The zero-order chi connectivity index (χ0) is 11.8. The van der Waals surface area contributed by atoms with Crippen molar-refractivity contribution in [2.24, 2.45) is 0 Å². The van der Waals surface area contributed by atoms with Crippen molar-refractivity contribution in [3.8, 4) is 5.75 Å². The normalized spacial score (nSPS) is 20.1. The van der Waals surface area contributed by atoms with Crippen LogP contribution in [-0.4, -0.2) is 12.2 Å². The Balaban J connectivity index is 2.31. The molecule has 0 bridgehead atoms. The van der Waals surface area contributed by atoms with Gasteiger partial charge in [0.25, 0.3) is 0 Å². The molecule has 1 aromatic rings. The molecule has 0 amide bonds. The molecule has 2 nitrogen and oxygen atoms in total. The van der Waals surface area contributed by atoms with E-state index in [9.17, 15) is 13.2 Å².